The van der Waals surface area contributed by atoms with Crippen LogP contribution in [0.1, 0.15) is 49.1 Å². The van der Waals surface area contributed by atoms with Gasteiger partial charge >= 0.3 is 0 Å². The summed E-state index contributed by atoms with van der Waals surface area (Å²) < 4.78 is 19.0. The van der Waals surface area contributed by atoms with Crippen LogP contribution in [0.5, 0.6) is 5.75 Å². The van der Waals surface area contributed by atoms with Crippen LogP contribution in [0.2, 0.25) is 0 Å². The summed E-state index contributed by atoms with van der Waals surface area (Å²) in [5, 5.41) is 15.0. The largest absolute Gasteiger partial charge is 0.493 e. The lowest BCUT2D eigenvalue weighted by Crippen LogP contribution is -2.49. The standard InChI is InChI=1S/C26H35FN2O2.2ClH/c27-23-8-4-21(5-9-23)12-19-31-24-10-6-22(7-11-24)25(20-29-17-15-28-16-18-29)26(30)13-2-1-3-14-26;;/h4-11,25,28,30H,1-3,12-20H2;2*1H. The minimum Gasteiger partial charge on any atom is -0.493 e. The highest BCUT2D eigenvalue weighted by molar-refractivity contribution is 5.85. The van der Waals surface area contributed by atoms with E-state index in [1.165, 1.54) is 24.1 Å². The van der Waals surface area contributed by atoms with Crippen molar-refractivity contribution in [2.75, 3.05) is 39.3 Å². The molecule has 0 bridgehead atoms. The molecule has 184 valence electrons. The maximum atomic E-state index is 13.0. The van der Waals surface area contributed by atoms with Gasteiger partial charge in [-0.15, -0.1) is 24.8 Å². The Morgan fingerprint density at radius 3 is 2.21 bits per heavy atom. The van der Waals surface area contributed by atoms with Crippen LogP contribution in [0.4, 0.5) is 4.39 Å². The van der Waals surface area contributed by atoms with Crippen LogP contribution in [0.15, 0.2) is 48.5 Å². The molecule has 0 radical (unpaired) electrons. The number of benzene rings is 2. The van der Waals surface area contributed by atoms with E-state index >= 15 is 0 Å². The van der Waals surface area contributed by atoms with Gasteiger partial charge in [0.2, 0.25) is 0 Å². The van der Waals surface area contributed by atoms with E-state index in [-0.39, 0.29) is 36.5 Å². The van der Waals surface area contributed by atoms with Gasteiger partial charge in [0.25, 0.3) is 0 Å². The van der Waals surface area contributed by atoms with E-state index in [0.717, 1.165) is 76.1 Å². The maximum Gasteiger partial charge on any atom is 0.123 e. The molecule has 1 heterocycles. The summed E-state index contributed by atoms with van der Waals surface area (Å²) in [4.78, 5) is 2.49. The average molecular weight is 499 g/mol. The van der Waals surface area contributed by atoms with Crippen LogP contribution in [0.3, 0.4) is 0 Å². The topological polar surface area (TPSA) is 44.7 Å². The van der Waals surface area contributed by atoms with Crippen LogP contribution in [0.25, 0.3) is 0 Å². The maximum absolute atomic E-state index is 13.0. The number of ether oxygens (including phenoxy) is 1. The molecule has 2 fully saturated rings. The minimum absolute atomic E-state index is 0. The van der Waals surface area contributed by atoms with E-state index in [2.05, 4.69) is 22.3 Å². The van der Waals surface area contributed by atoms with Crippen molar-refractivity contribution in [2.45, 2.75) is 50.0 Å². The summed E-state index contributed by atoms with van der Waals surface area (Å²) in [6, 6.07) is 14.9. The minimum atomic E-state index is -0.617. The number of aliphatic hydroxyl groups is 1. The van der Waals surface area contributed by atoms with E-state index < -0.39 is 5.60 Å². The van der Waals surface area contributed by atoms with Crippen LogP contribution in [-0.4, -0.2) is 54.9 Å². The highest BCUT2D eigenvalue weighted by Gasteiger charge is 2.39. The van der Waals surface area contributed by atoms with Crippen LogP contribution < -0.4 is 10.1 Å². The first kappa shape index (κ1) is 27.9. The summed E-state index contributed by atoms with van der Waals surface area (Å²) >= 11 is 0. The third kappa shape index (κ3) is 7.83. The fourth-order valence-corrected chi connectivity index (χ4v) is 4.98. The van der Waals surface area contributed by atoms with Crippen molar-refractivity contribution < 1.29 is 14.2 Å². The third-order valence-electron chi connectivity index (χ3n) is 6.87. The SMILES string of the molecule is Cl.Cl.OC1(C(CN2CCNCC2)c2ccc(OCCc3ccc(F)cc3)cc2)CCCCC1. The van der Waals surface area contributed by atoms with Crippen molar-refractivity contribution >= 4 is 24.8 Å². The third-order valence-corrected chi connectivity index (χ3v) is 6.87. The highest BCUT2D eigenvalue weighted by Crippen LogP contribution is 2.41. The normalized spacial score (nSPS) is 19.1. The Balaban J connectivity index is 0.00000193. The fraction of sp³-hybridized carbons (Fsp3) is 0.538. The number of nitrogens with zero attached hydrogens (tertiary/aromatic N) is 1. The molecule has 1 aliphatic carbocycles. The van der Waals surface area contributed by atoms with Gasteiger partial charge in [-0.2, -0.15) is 0 Å². The first-order valence-electron chi connectivity index (χ1n) is 11.8. The monoisotopic (exact) mass is 498 g/mol. The van der Waals surface area contributed by atoms with E-state index in [0.29, 0.717) is 6.61 Å². The quantitative estimate of drug-likeness (QED) is 0.538. The second-order valence-corrected chi connectivity index (χ2v) is 9.06. The van der Waals surface area contributed by atoms with Crippen molar-refractivity contribution in [1.29, 1.82) is 0 Å². The summed E-state index contributed by atoms with van der Waals surface area (Å²) in [6.07, 6.45) is 5.97. The molecule has 2 aromatic carbocycles. The van der Waals surface area contributed by atoms with Crippen LogP contribution in [0, 0.1) is 5.82 Å². The number of halogens is 3. The lowest BCUT2D eigenvalue weighted by molar-refractivity contribution is -0.0316. The molecular formula is C26H37Cl2FN2O2. The summed E-state index contributed by atoms with van der Waals surface area (Å²) in [5.74, 6) is 0.747. The lowest BCUT2D eigenvalue weighted by atomic mass is 9.72. The molecule has 2 N–H and O–H groups in total. The zero-order valence-corrected chi connectivity index (χ0v) is 20.8. The number of piperazine rings is 1. The van der Waals surface area contributed by atoms with Gasteiger partial charge in [-0.25, -0.2) is 4.39 Å². The Labute approximate surface area is 209 Å². The summed E-state index contributed by atoms with van der Waals surface area (Å²) in [7, 11) is 0. The first-order chi connectivity index (χ1) is 15.1. The highest BCUT2D eigenvalue weighted by atomic mass is 35.5. The zero-order valence-electron chi connectivity index (χ0n) is 19.2. The van der Waals surface area contributed by atoms with Crippen LogP contribution in [-0.2, 0) is 6.42 Å². The average Bonchev–Trinajstić information content (AvgIpc) is 2.80. The molecular weight excluding hydrogens is 462 g/mol. The predicted octanol–water partition coefficient (Wildman–Crippen LogP) is 4.97. The Bertz CT molecular complexity index is 808. The molecule has 1 saturated carbocycles. The Kier molecular flexibility index (Phi) is 11.4. The summed E-state index contributed by atoms with van der Waals surface area (Å²) in [5.41, 5.74) is 1.65. The lowest BCUT2D eigenvalue weighted by Gasteiger charge is -2.42. The second-order valence-electron chi connectivity index (χ2n) is 9.06. The first-order valence-corrected chi connectivity index (χ1v) is 11.8. The number of rotatable bonds is 8. The number of nitrogens with one attached hydrogen (secondary N) is 1. The van der Waals surface area contributed by atoms with Crippen molar-refractivity contribution in [3.63, 3.8) is 0 Å². The van der Waals surface area contributed by atoms with Gasteiger partial charge in [-0.05, 0) is 48.2 Å². The van der Waals surface area contributed by atoms with Gasteiger partial charge in [0, 0.05) is 45.1 Å². The summed E-state index contributed by atoms with van der Waals surface area (Å²) in [6.45, 7) is 5.58. The van der Waals surface area contributed by atoms with Crippen LogP contribution >= 0.6 is 24.8 Å². The molecule has 4 nitrogen and oxygen atoms in total. The zero-order chi connectivity index (χ0) is 21.5. The Morgan fingerprint density at radius 2 is 1.58 bits per heavy atom. The molecule has 0 aromatic heterocycles. The molecule has 0 amide bonds. The van der Waals surface area contributed by atoms with E-state index in [9.17, 15) is 9.50 Å². The van der Waals surface area contributed by atoms with Crippen molar-refractivity contribution in [3.05, 3.63) is 65.5 Å². The number of hydrogen-bond donors (Lipinski definition) is 2. The second kappa shape index (κ2) is 13.5. The smallest absolute Gasteiger partial charge is 0.123 e. The van der Waals surface area contributed by atoms with Gasteiger partial charge in [0.05, 0.1) is 12.2 Å². The predicted molar refractivity (Wildman–Crippen MR) is 137 cm³/mol. The Morgan fingerprint density at radius 1 is 0.939 bits per heavy atom. The van der Waals surface area contributed by atoms with Gasteiger partial charge in [0.15, 0.2) is 0 Å². The van der Waals surface area contributed by atoms with E-state index in [4.69, 9.17) is 4.74 Å². The molecule has 2 aromatic rings. The molecule has 1 aliphatic heterocycles. The molecule has 2 aliphatic rings. The van der Waals surface area contributed by atoms with Gasteiger partial charge in [-0.1, -0.05) is 43.5 Å². The molecule has 1 unspecified atom stereocenters. The molecule has 1 atom stereocenters. The van der Waals surface area contributed by atoms with E-state index in [1.54, 1.807) is 12.1 Å². The molecule has 1 saturated heterocycles. The van der Waals surface area contributed by atoms with Crippen molar-refractivity contribution in [2.24, 2.45) is 0 Å². The fourth-order valence-electron chi connectivity index (χ4n) is 4.98. The van der Waals surface area contributed by atoms with Crippen molar-refractivity contribution in [1.82, 2.24) is 10.2 Å². The Hall–Kier alpha value is -1.37. The number of hydrogen-bond acceptors (Lipinski definition) is 4. The molecule has 0 spiro atoms. The molecule has 7 heteroatoms. The van der Waals surface area contributed by atoms with Gasteiger partial charge in [-0.3, -0.25) is 0 Å². The van der Waals surface area contributed by atoms with E-state index in [1.807, 2.05) is 12.1 Å². The molecule has 4 rings (SSSR count). The molecule has 33 heavy (non-hydrogen) atoms. The van der Waals surface area contributed by atoms with Gasteiger partial charge in [0.1, 0.15) is 11.6 Å². The van der Waals surface area contributed by atoms with Crippen molar-refractivity contribution in [3.8, 4) is 5.75 Å². The van der Waals surface area contributed by atoms with Gasteiger partial charge < -0.3 is 20.1 Å².